The predicted molar refractivity (Wildman–Crippen MR) is 81.9 cm³/mol. The van der Waals surface area contributed by atoms with E-state index in [1.807, 2.05) is 37.3 Å². The molecule has 2 aromatic heterocycles. The average molecular weight is 284 g/mol. The topological polar surface area (TPSA) is 38.7 Å². The zero-order valence-corrected chi connectivity index (χ0v) is 12.1. The van der Waals surface area contributed by atoms with Crippen molar-refractivity contribution in [1.29, 1.82) is 0 Å². The Kier molecular flexibility index (Phi) is 3.36. The van der Waals surface area contributed by atoms with Crippen molar-refractivity contribution >= 4 is 22.5 Å². The third kappa shape index (κ3) is 2.25. The molecule has 0 saturated heterocycles. The molecular weight excluding hydrogens is 270 g/mol. The van der Waals surface area contributed by atoms with E-state index in [0.29, 0.717) is 11.0 Å². The molecule has 0 radical (unpaired) electrons. The molecule has 3 aromatic rings. The highest BCUT2D eigenvalue weighted by Crippen LogP contribution is 2.24. The fraction of sp³-hybridized carbons (Fsp3) is 0.188. The van der Waals surface area contributed by atoms with Gasteiger partial charge in [0.25, 0.3) is 0 Å². The summed E-state index contributed by atoms with van der Waals surface area (Å²) in [4.78, 5) is 13.3. The minimum atomic E-state index is 0.543. The first-order valence-electron chi connectivity index (χ1n) is 6.57. The van der Waals surface area contributed by atoms with Crippen molar-refractivity contribution in [3.8, 4) is 11.4 Å². The monoisotopic (exact) mass is 283 g/mol. The van der Waals surface area contributed by atoms with Crippen molar-refractivity contribution < 1.29 is 0 Å². The Hall–Kier alpha value is -2.00. The summed E-state index contributed by atoms with van der Waals surface area (Å²) < 4.78 is 0. The smallest absolute Gasteiger partial charge is 0.161 e. The molecule has 0 amide bonds. The van der Waals surface area contributed by atoms with Crippen molar-refractivity contribution in [3.05, 3.63) is 52.9 Å². The molecular formula is C16H14ClN3. The molecule has 0 unspecified atom stereocenters. The van der Waals surface area contributed by atoms with E-state index in [1.54, 1.807) is 6.20 Å². The summed E-state index contributed by atoms with van der Waals surface area (Å²) in [6, 6.07) is 9.95. The first-order valence-corrected chi connectivity index (χ1v) is 6.95. The maximum absolute atomic E-state index is 6.24. The van der Waals surface area contributed by atoms with E-state index in [9.17, 15) is 0 Å². The van der Waals surface area contributed by atoms with Gasteiger partial charge in [-0.05, 0) is 37.6 Å². The summed E-state index contributed by atoms with van der Waals surface area (Å²) in [6.45, 7) is 4.03. The van der Waals surface area contributed by atoms with Crippen LogP contribution in [-0.4, -0.2) is 15.0 Å². The standard InChI is InChI=1S/C16H14ClN3/c1-3-13-10(2)19-16(20-15(13)17)12-6-7-14-11(9-12)5-4-8-18-14/h4-9H,3H2,1-2H3. The largest absolute Gasteiger partial charge is 0.256 e. The molecule has 20 heavy (non-hydrogen) atoms. The normalized spacial score (nSPS) is 10.9. The third-order valence-corrected chi connectivity index (χ3v) is 3.69. The van der Waals surface area contributed by atoms with Gasteiger partial charge >= 0.3 is 0 Å². The lowest BCUT2D eigenvalue weighted by atomic mass is 10.1. The zero-order valence-electron chi connectivity index (χ0n) is 11.4. The van der Waals surface area contributed by atoms with Gasteiger partial charge in [0.05, 0.1) is 5.52 Å². The first kappa shape index (κ1) is 13.0. The van der Waals surface area contributed by atoms with Crippen LogP contribution < -0.4 is 0 Å². The Morgan fingerprint density at radius 1 is 1.15 bits per heavy atom. The Bertz CT molecular complexity index is 761. The maximum atomic E-state index is 6.24. The van der Waals surface area contributed by atoms with E-state index < -0.39 is 0 Å². The van der Waals surface area contributed by atoms with Gasteiger partial charge in [-0.25, -0.2) is 9.97 Å². The minimum Gasteiger partial charge on any atom is -0.256 e. The number of fused-ring (bicyclic) bond motifs is 1. The Morgan fingerprint density at radius 3 is 2.75 bits per heavy atom. The Balaban J connectivity index is 2.15. The van der Waals surface area contributed by atoms with Crippen molar-refractivity contribution in [2.45, 2.75) is 20.3 Å². The molecule has 2 heterocycles. The second-order valence-electron chi connectivity index (χ2n) is 4.67. The number of hydrogen-bond donors (Lipinski definition) is 0. The van der Waals surface area contributed by atoms with Gasteiger partial charge < -0.3 is 0 Å². The van der Waals surface area contributed by atoms with Crippen LogP contribution in [0.1, 0.15) is 18.2 Å². The lowest BCUT2D eigenvalue weighted by Crippen LogP contribution is -1.99. The molecule has 0 aliphatic heterocycles. The Morgan fingerprint density at radius 2 is 2.00 bits per heavy atom. The number of pyridine rings is 1. The van der Waals surface area contributed by atoms with Gasteiger partial charge in [-0.3, -0.25) is 4.98 Å². The summed E-state index contributed by atoms with van der Waals surface area (Å²) >= 11 is 6.24. The van der Waals surface area contributed by atoms with Crippen LogP contribution in [0.3, 0.4) is 0 Å². The lowest BCUT2D eigenvalue weighted by Gasteiger charge is -2.08. The molecule has 0 bridgehead atoms. The highest BCUT2D eigenvalue weighted by Gasteiger charge is 2.10. The second-order valence-corrected chi connectivity index (χ2v) is 5.02. The number of rotatable bonds is 2. The van der Waals surface area contributed by atoms with E-state index >= 15 is 0 Å². The molecule has 100 valence electrons. The van der Waals surface area contributed by atoms with Crippen molar-refractivity contribution in [3.63, 3.8) is 0 Å². The number of nitrogens with zero attached hydrogens (tertiary/aromatic N) is 3. The molecule has 0 fully saturated rings. The summed E-state index contributed by atoms with van der Waals surface area (Å²) in [5.74, 6) is 0.662. The van der Waals surface area contributed by atoms with Gasteiger partial charge in [0.2, 0.25) is 0 Å². The summed E-state index contributed by atoms with van der Waals surface area (Å²) in [5, 5.41) is 1.61. The summed E-state index contributed by atoms with van der Waals surface area (Å²) in [7, 11) is 0. The molecule has 1 aromatic carbocycles. The first-order chi connectivity index (χ1) is 9.69. The fourth-order valence-corrected chi connectivity index (χ4v) is 2.66. The molecule has 3 rings (SSSR count). The highest BCUT2D eigenvalue weighted by molar-refractivity contribution is 6.30. The molecule has 0 atom stereocenters. The summed E-state index contributed by atoms with van der Waals surface area (Å²) in [6.07, 6.45) is 2.63. The van der Waals surface area contributed by atoms with Gasteiger partial charge in [0.15, 0.2) is 5.82 Å². The molecule has 0 spiro atoms. The van der Waals surface area contributed by atoms with Crippen molar-refractivity contribution in [1.82, 2.24) is 15.0 Å². The quantitative estimate of drug-likeness (QED) is 0.661. The lowest BCUT2D eigenvalue weighted by molar-refractivity contribution is 1.00. The molecule has 0 N–H and O–H groups in total. The van der Waals surface area contributed by atoms with Crippen LogP contribution in [0.5, 0.6) is 0 Å². The van der Waals surface area contributed by atoms with Gasteiger partial charge in [0.1, 0.15) is 5.15 Å². The van der Waals surface area contributed by atoms with E-state index in [4.69, 9.17) is 11.6 Å². The van der Waals surface area contributed by atoms with Crippen molar-refractivity contribution in [2.75, 3.05) is 0 Å². The zero-order chi connectivity index (χ0) is 14.1. The number of benzene rings is 1. The molecule has 4 heteroatoms. The van der Waals surface area contributed by atoms with Crippen LogP contribution in [0.2, 0.25) is 5.15 Å². The number of aromatic nitrogens is 3. The van der Waals surface area contributed by atoms with E-state index in [2.05, 4.69) is 21.9 Å². The third-order valence-electron chi connectivity index (χ3n) is 3.38. The van der Waals surface area contributed by atoms with Gasteiger partial charge in [0, 0.05) is 28.4 Å². The number of halogens is 1. The van der Waals surface area contributed by atoms with Gasteiger partial charge in [-0.1, -0.05) is 24.6 Å². The number of aryl methyl sites for hydroxylation is 1. The maximum Gasteiger partial charge on any atom is 0.161 e. The molecule has 0 aliphatic rings. The second kappa shape index (κ2) is 5.17. The van der Waals surface area contributed by atoms with Crippen LogP contribution in [0, 0.1) is 6.92 Å². The highest BCUT2D eigenvalue weighted by atomic mass is 35.5. The SMILES string of the molecule is CCc1c(C)nc(-c2ccc3ncccc3c2)nc1Cl. The minimum absolute atomic E-state index is 0.543. The van der Waals surface area contributed by atoms with Crippen molar-refractivity contribution in [2.24, 2.45) is 0 Å². The molecule has 0 saturated carbocycles. The summed E-state index contributed by atoms with van der Waals surface area (Å²) in [5.41, 5.74) is 3.87. The van der Waals surface area contributed by atoms with Crippen LogP contribution in [0.25, 0.3) is 22.3 Å². The van der Waals surface area contributed by atoms with Crippen LogP contribution in [0.4, 0.5) is 0 Å². The van der Waals surface area contributed by atoms with Crippen LogP contribution in [0.15, 0.2) is 36.5 Å². The van der Waals surface area contributed by atoms with E-state index in [-0.39, 0.29) is 0 Å². The Labute approximate surface area is 122 Å². The molecule has 0 aliphatic carbocycles. The predicted octanol–water partition coefficient (Wildman–Crippen LogP) is 4.22. The number of hydrogen-bond acceptors (Lipinski definition) is 3. The van der Waals surface area contributed by atoms with Gasteiger partial charge in [-0.2, -0.15) is 0 Å². The fourth-order valence-electron chi connectivity index (χ4n) is 2.31. The van der Waals surface area contributed by atoms with E-state index in [1.165, 1.54) is 0 Å². The van der Waals surface area contributed by atoms with Gasteiger partial charge in [-0.15, -0.1) is 0 Å². The average Bonchev–Trinajstić information content (AvgIpc) is 2.46. The van der Waals surface area contributed by atoms with Crippen LogP contribution >= 0.6 is 11.6 Å². The molecule has 3 nitrogen and oxygen atoms in total. The van der Waals surface area contributed by atoms with Crippen LogP contribution in [-0.2, 0) is 6.42 Å². The van der Waals surface area contributed by atoms with E-state index in [0.717, 1.165) is 34.1 Å².